The second-order valence-corrected chi connectivity index (χ2v) is 7.20. The highest BCUT2D eigenvalue weighted by atomic mass is 32.2. The van der Waals surface area contributed by atoms with Crippen molar-refractivity contribution in [3.8, 4) is 0 Å². The number of hydrogen-bond donors (Lipinski definition) is 6. The molecule has 1 saturated heterocycles. The van der Waals surface area contributed by atoms with Crippen molar-refractivity contribution in [2.75, 3.05) is 30.9 Å². The molecular formula is C15H26N4O5S2. The van der Waals surface area contributed by atoms with Gasteiger partial charge in [-0.3, -0.25) is 19.2 Å². The molecule has 0 aromatic rings. The van der Waals surface area contributed by atoms with E-state index in [-0.39, 0.29) is 17.7 Å². The van der Waals surface area contributed by atoms with E-state index in [2.05, 4.69) is 33.9 Å². The van der Waals surface area contributed by atoms with Crippen LogP contribution in [0, 0.1) is 0 Å². The Morgan fingerprint density at radius 3 is 2.50 bits per heavy atom. The molecule has 0 saturated carbocycles. The van der Waals surface area contributed by atoms with Gasteiger partial charge in [-0.25, -0.2) is 0 Å². The lowest BCUT2D eigenvalue weighted by molar-refractivity contribution is -0.138. The molecule has 26 heavy (non-hydrogen) atoms. The summed E-state index contributed by atoms with van der Waals surface area (Å²) in [6.45, 7) is 0.237. The largest absolute Gasteiger partial charge is 0.480 e. The summed E-state index contributed by atoms with van der Waals surface area (Å²) >= 11 is 5.61. The molecule has 1 fully saturated rings. The number of carbonyl (C=O) groups is 4. The number of carboxylic acids is 1. The summed E-state index contributed by atoms with van der Waals surface area (Å²) in [5.74, 6) is -1.85. The SMILES string of the molecule is CSCCC(NC(=O)C(CS)NC(=O)C1CCCN1)C(=O)NCC(=O)O. The lowest BCUT2D eigenvalue weighted by Crippen LogP contribution is -2.56. The lowest BCUT2D eigenvalue weighted by Gasteiger charge is -2.23. The summed E-state index contributed by atoms with van der Waals surface area (Å²) < 4.78 is 0. The maximum Gasteiger partial charge on any atom is 0.322 e. The summed E-state index contributed by atoms with van der Waals surface area (Å²) in [5, 5.41) is 19.2. The Morgan fingerprint density at radius 1 is 1.23 bits per heavy atom. The van der Waals surface area contributed by atoms with Crippen molar-refractivity contribution >= 4 is 48.1 Å². The van der Waals surface area contributed by atoms with Gasteiger partial charge in [0.15, 0.2) is 0 Å². The van der Waals surface area contributed by atoms with E-state index in [1.165, 1.54) is 11.8 Å². The summed E-state index contributed by atoms with van der Waals surface area (Å²) in [5.41, 5.74) is 0. The van der Waals surface area contributed by atoms with E-state index in [0.717, 1.165) is 13.0 Å². The number of thiol groups is 1. The highest BCUT2D eigenvalue weighted by molar-refractivity contribution is 7.98. The molecule has 148 valence electrons. The Bertz CT molecular complexity index is 514. The van der Waals surface area contributed by atoms with Crippen molar-refractivity contribution in [3.05, 3.63) is 0 Å². The standard InChI is InChI=1S/C15H26N4O5S2/c1-26-6-4-10(13(22)17-7-12(20)21)18-15(24)11(8-25)19-14(23)9-3-2-5-16-9/h9-11,16,25H,2-8H2,1H3,(H,17,22)(H,18,24)(H,19,23)(H,20,21). The van der Waals surface area contributed by atoms with Gasteiger partial charge >= 0.3 is 5.97 Å². The second kappa shape index (κ2) is 12.0. The van der Waals surface area contributed by atoms with E-state index in [1.807, 2.05) is 6.26 Å². The zero-order chi connectivity index (χ0) is 19.5. The van der Waals surface area contributed by atoms with E-state index in [4.69, 9.17) is 5.11 Å². The Labute approximate surface area is 162 Å². The minimum absolute atomic E-state index is 0.0796. The van der Waals surface area contributed by atoms with Crippen LogP contribution in [0.25, 0.3) is 0 Å². The van der Waals surface area contributed by atoms with Gasteiger partial charge in [0.2, 0.25) is 17.7 Å². The highest BCUT2D eigenvalue weighted by Gasteiger charge is 2.29. The number of carboxylic acid groups (broad SMARTS) is 1. The quantitative estimate of drug-likeness (QED) is 0.232. The number of carbonyl (C=O) groups excluding carboxylic acids is 3. The predicted octanol–water partition coefficient (Wildman–Crippen LogP) is -1.41. The summed E-state index contributed by atoms with van der Waals surface area (Å²) in [6.07, 6.45) is 3.81. The van der Waals surface area contributed by atoms with E-state index in [0.29, 0.717) is 18.6 Å². The highest BCUT2D eigenvalue weighted by Crippen LogP contribution is 2.06. The molecule has 1 aliphatic rings. The summed E-state index contributed by atoms with van der Waals surface area (Å²) in [4.78, 5) is 47.3. The van der Waals surface area contributed by atoms with Gasteiger partial charge < -0.3 is 26.4 Å². The maximum absolute atomic E-state index is 12.4. The molecule has 3 amide bonds. The first-order valence-electron chi connectivity index (χ1n) is 8.32. The summed E-state index contributed by atoms with van der Waals surface area (Å²) in [7, 11) is 0. The topological polar surface area (TPSA) is 137 Å². The zero-order valence-corrected chi connectivity index (χ0v) is 16.3. The Balaban J connectivity index is 2.63. The normalized spacial score (nSPS) is 18.6. The number of rotatable bonds is 11. The monoisotopic (exact) mass is 406 g/mol. The first kappa shape index (κ1) is 22.6. The van der Waals surface area contributed by atoms with Gasteiger partial charge in [0, 0.05) is 5.75 Å². The molecule has 0 aromatic carbocycles. The van der Waals surface area contributed by atoms with Crippen LogP contribution in [0.3, 0.4) is 0 Å². The minimum Gasteiger partial charge on any atom is -0.480 e. The van der Waals surface area contributed by atoms with Crippen molar-refractivity contribution < 1.29 is 24.3 Å². The van der Waals surface area contributed by atoms with E-state index < -0.39 is 36.4 Å². The lowest BCUT2D eigenvalue weighted by atomic mass is 10.1. The minimum atomic E-state index is -1.17. The fraction of sp³-hybridized carbons (Fsp3) is 0.733. The Hall–Kier alpha value is -1.46. The fourth-order valence-corrected chi connectivity index (χ4v) is 3.17. The molecule has 0 bridgehead atoms. The van der Waals surface area contributed by atoms with E-state index >= 15 is 0 Å². The molecule has 3 unspecified atom stereocenters. The molecule has 1 aliphatic heterocycles. The van der Waals surface area contributed by atoms with Crippen molar-refractivity contribution in [1.29, 1.82) is 0 Å². The second-order valence-electron chi connectivity index (χ2n) is 5.85. The van der Waals surface area contributed by atoms with Crippen LogP contribution >= 0.6 is 24.4 Å². The fourth-order valence-electron chi connectivity index (χ4n) is 2.44. The maximum atomic E-state index is 12.4. The number of aliphatic carboxylic acids is 1. The molecular weight excluding hydrogens is 380 g/mol. The van der Waals surface area contributed by atoms with Crippen LogP contribution in [-0.4, -0.2) is 77.8 Å². The number of thioether (sulfide) groups is 1. The predicted molar refractivity (Wildman–Crippen MR) is 102 cm³/mol. The Kier molecular flexibility index (Phi) is 10.4. The molecule has 1 rings (SSSR count). The average molecular weight is 407 g/mol. The van der Waals surface area contributed by atoms with Crippen LogP contribution < -0.4 is 21.3 Å². The van der Waals surface area contributed by atoms with Crippen LogP contribution in [0.4, 0.5) is 0 Å². The van der Waals surface area contributed by atoms with Gasteiger partial charge in [-0.05, 0) is 37.8 Å². The molecule has 1 heterocycles. The van der Waals surface area contributed by atoms with Crippen molar-refractivity contribution in [2.24, 2.45) is 0 Å². The van der Waals surface area contributed by atoms with Crippen LogP contribution in [0.2, 0.25) is 0 Å². The first-order chi connectivity index (χ1) is 12.4. The van der Waals surface area contributed by atoms with Gasteiger partial charge in [0.25, 0.3) is 0 Å². The van der Waals surface area contributed by atoms with Crippen LogP contribution in [0.1, 0.15) is 19.3 Å². The summed E-state index contributed by atoms with van der Waals surface area (Å²) in [6, 6.07) is -2.08. The van der Waals surface area contributed by atoms with E-state index in [9.17, 15) is 19.2 Å². The zero-order valence-electron chi connectivity index (χ0n) is 14.6. The molecule has 5 N–H and O–H groups in total. The third-order valence-corrected chi connectivity index (χ3v) is 4.86. The molecule has 0 radical (unpaired) electrons. The van der Waals surface area contributed by atoms with Crippen LogP contribution in [0.15, 0.2) is 0 Å². The first-order valence-corrected chi connectivity index (χ1v) is 10.3. The van der Waals surface area contributed by atoms with Crippen molar-refractivity contribution in [1.82, 2.24) is 21.3 Å². The van der Waals surface area contributed by atoms with E-state index in [1.54, 1.807) is 0 Å². The number of nitrogens with one attached hydrogen (secondary N) is 4. The van der Waals surface area contributed by atoms with Gasteiger partial charge in [0.05, 0.1) is 6.04 Å². The third-order valence-electron chi connectivity index (χ3n) is 3.85. The number of hydrogen-bond acceptors (Lipinski definition) is 7. The van der Waals surface area contributed by atoms with Gasteiger partial charge in [-0.15, -0.1) is 0 Å². The molecule has 0 aromatic heterocycles. The number of amides is 3. The average Bonchev–Trinajstić information content (AvgIpc) is 3.15. The van der Waals surface area contributed by atoms with Crippen molar-refractivity contribution in [2.45, 2.75) is 37.4 Å². The smallest absolute Gasteiger partial charge is 0.322 e. The van der Waals surface area contributed by atoms with Gasteiger partial charge in [0.1, 0.15) is 18.6 Å². The Morgan fingerprint density at radius 2 is 1.96 bits per heavy atom. The van der Waals surface area contributed by atoms with Gasteiger partial charge in [-0.1, -0.05) is 0 Å². The van der Waals surface area contributed by atoms with Crippen LogP contribution in [-0.2, 0) is 19.2 Å². The molecule has 9 nitrogen and oxygen atoms in total. The molecule has 0 spiro atoms. The van der Waals surface area contributed by atoms with Crippen molar-refractivity contribution in [3.63, 3.8) is 0 Å². The molecule has 11 heteroatoms. The molecule has 3 atom stereocenters. The van der Waals surface area contributed by atoms with Gasteiger partial charge in [-0.2, -0.15) is 24.4 Å². The molecule has 0 aliphatic carbocycles. The van der Waals surface area contributed by atoms with Crippen LogP contribution in [0.5, 0.6) is 0 Å². The third kappa shape index (κ3) is 7.83.